The first-order valence-electron chi connectivity index (χ1n) is 5.60. The predicted molar refractivity (Wildman–Crippen MR) is 77.3 cm³/mol. The van der Waals surface area contributed by atoms with Gasteiger partial charge in [0.2, 0.25) is 10.0 Å². The first-order chi connectivity index (χ1) is 8.45. The van der Waals surface area contributed by atoms with E-state index in [0.717, 1.165) is 12.5 Å². The van der Waals surface area contributed by atoms with Crippen LogP contribution in [0.15, 0.2) is 27.6 Å². The molecule has 0 radical (unpaired) electrons. The van der Waals surface area contributed by atoms with E-state index in [4.69, 9.17) is 5.73 Å². The molecular formula is C11H15BrClFN2O2S. The molecule has 0 bridgehead atoms. The minimum atomic E-state index is -3.54. The van der Waals surface area contributed by atoms with E-state index >= 15 is 0 Å². The maximum Gasteiger partial charge on any atom is 0.243 e. The highest BCUT2D eigenvalue weighted by Crippen LogP contribution is 2.26. The number of nitrogens with two attached hydrogens (primary N) is 1. The van der Waals surface area contributed by atoms with Crippen molar-refractivity contribution in [2.24, 2.45) is 11.7 Å². The molecule has 0 aliphatic carbocycles. The Morgan fingerprint density at radius 2 is 2.16 bits per heavy atom. The van der Waals surface area contributed by atoms with Gasteiger partial charge in [-0.25, -0.2) is 12.8 Å². The predicted octanol–water partition coefficient (Wildman–Crippen LogP) is 1.98. The molecule has 19 heavy (non-hydrogen) atoms. The molecule has 1 aromatic carbocycles. The third-order valence-corrected chi connectivity index (χ3v) is 5.58. The van der Waals surface area contributed by atoms with Crippen LogP contribution in [0.25, 0.3) is 0 Å². The molecule has 1 aliphatic rings. The second kappa shape index (κ2) is 6.49. The zero-order chi connectivity index (χ0) is 13.3. The molecule has 1 atom stereocenters. The van der Waals surface area contributed by atoms with Gasteiger partial charge in [0.15, 0.2) is 0 Å². The summed E-state index contributed by atoms with van der Waals surface area (Å²) in [5.41, 5.74) is 5.54. The Hall–Kier alpha value is -0.210. The summed E-state index contributed by atoms with van der Waals surface area (Å²) >= 11 is 2.99. The van der Waals surface area contributed by atoms with Crippen molar-refractivity contribution in [2.75, 3.05) is 19.6 Å². The van der Waals surface area contributed by atoms with Gasteiger partial charge in [-0.3, -0.25) is 0 Å². The SMILES string of the molecule is Cl.NCC1CCN(S(=O)(=O)c2ccc(F)c(Br)c2)C1. The van der Waals surface area contributed by atoms with Gasteiger partial charge in [-0.05, 0) is 53.0 Å². The molecule has 2 rings (SSSR count). The van der Waals surface area contributed by atoms with Crippen molar-refractivity contribution in [1.29, 1.82) is 0 Å². The quantitative estimate of drug-likeness (QED) is 0.881. The van der Waals surface area contributed by atoms with E-state index in [1.165, 1.54) is 16.4 Å². The van der Waals surface area contributed by atoms with Crippen molar-refractivity contribution in [2.45, 2.75) is 11.3 Å². The minimum Gasteiger partial charge on any atom is -0.330 e. The Bertz CT molecular complexity index is 556. The number of nitrogens with zero attached hydrogens (tertiary/aromatic N) is 1. The molecule has 1 unspecified atom stereocenters. The van der Waals surface area contributed by atoms with Gasteiger partial charge >= 0.3 is 0 Å². The van der Waals surface area contributed by atoms with Gasteiger partial charge in [-0.15, -0.1) is 12.4 Å². The van der Waals surface area contributed by atoms with Crippen LogP contribution in [-0.2, 0) is 10.0 Å². The summed E-state index contributed by atoms with van der Waals surface area (Å²) in [4.78, 5) is 0.105. The number of sulfonamides is 1. The summed E-state index contributed by atoms with van der Waals surface area (Å²) in [6.07, 6.45) is 0.776. The molecular weight excluding hydrogens is 359 g/mol. The van der Waals surface area contributed by atoms with Crippen LogP contribution in [0.1, 0.15) is 6.42 Å². The fourth-order valence-electron chi connectivity index (χ4n) is 1.99. The molecule has 8 heteroatoms. The highest BCUT2D eigenvalue weighted by molar-refractivity contribution is 9.10. The standard InChI is InChI=1S/C11H14BrFN2O2S.ClH/c12-10-5-9(1-2-11(10)13)18(16,17)15-4-3-8(6-14)7-15;/h1-2,5,8H,3-4,6-7,14H2;1H. The van der Waals surface area contributed by atoms with E-state index in [2.05, 4.69) is 15.9 Å². The average molecular weight is 374 g/mol. The molecule has 0 spiro atoms. The van der Waals surface area contributed by atoms with Crippen molar-refractivity contribution >= 4 is 38.4 Å². The van der Waals surface area contributed by atoms with E-state index in [0.29, 0.717) is 19.6 Å². The maximum absolute atomic E-state index is 13.1. The van der Waals surface area contributed by atoms with Gasteiger partial charge < -0.3 is 5.73 Å². The van der Waals surface area contributed by atoms with Gasteiger partial charge in [0.25, 0.3) is 0 Å². The van der Waals surface area contributed by atoms with Crippen molar-refractivity contribution in [3.63, 3.8) is 0 Å². The van der Waals surface area contributed by atoms with Crippen molar-refractivity contribution in [1.82, 2.24) is 4.31 Å². The summed E-state index contributed by atoms with van der Waals surface area (Å²) in [6, 6.07) is 3.72. The number of rotatable bonds is 3. The maximum atomic E-state index is 13.1. The molecule has 1 saturated heterocycles. The van der Waals surface area contributed by atoms with Crippen LogP contribution in [0.5, 0.6) is 0 Å². The summed E-state index contributed by atoms with van der Waals surface area (Å²) in [5.74, 6) is -0.265. The first kappa shape index (κ1) is 16.8. The van der Waals surface area contributed by atoms with E-state index in [-0.39, 0.29) is 27.7 Å². The van der Waals surface area contributed by atoms with E-state index < -0.39 is 15.8 Å². The Morgan fingerprint density at radius 3 is 2.68 bits per heavy atom. The van der Waals surface area contributed by atoms with Gasteiger partial charge in [0.1, 0.15) is 5.82 Å². The zero-order valence-electron chi connectivity index (χ0n) is 10.1. The van der Waals surface area contributed by atoms with E-state index in [1.54, 1.807) is 0 Å². The highest BCUT2D eigenvalue weighted by Gasteiger charge is 2.32. The molecule has 1 aliphatic heterocycles. The highest BCUT2D eigenvalue weighted by atomic mass is 79.9. The Labute approximate surface area is 126 Å². The second-order valence-electron chi connectivity index (χ2n) is 4.33. The molecule has 0 saturated carbocycles. The molecule has 1 aromatic rings. The van der Waals surface area contributed by atoms with Crippen LogP contribution in [0, 0.1) is 11.7 Å². The third kappa shape index (κ3) is 3.46. The van der Waals surface area contributed by atoms with Gasteiger partial charge in [0, 0.05) is 13.1 Å². The third-order valence-electron chi connectivity index (χ3n) is 3.11. The normalized spacial score (nSPS) is 20.3. The van der Waals surface area contributed by atoms with Crippen LogP contribution in [0.3, 0.4) is 0 Å². The molecule has 1 heterocycles. The van der Waals surface area contributed by atoms with E-state index in [9.17, 15) is 12.8 Å². The molecule has 0 amide bonds. The summed E-state index contributed by atoms with van der Waals surface area (Å²) < 4.78 is 39.3. The smallest absolute Gasteiger partial charge is 0.243 e. The number of hydrogen-bond acceptors (Lipinski definition) is 3. The Balaban J connectivity index is 0.00000180. The molecule has 4 nitrogen and oxygen atoms in total. The summed E-state index contributed by atoms with van der Waals surface area (Å²) in [6.45, 7) is 1.39. The number of halogens is 3. The van der Waals surface area contributed by atoms with Crippen LogP contribution in [0.2, 0.25) is 0 Å². The largest absolute Gasteiger partial charge is 0.330 e. The van der Waals surface area contributed by atoms with Crippen LogP contribution in [-0.4, -0.2) is 32.4 Å². The van der Waals surface area contributed by atoms with Crippen LogP contribution >= 0.6 is 28.3 Å². The van der Waals surface area contributed by atoms with Gasteiger partial charge in [-0.2, -0.15) is 4.31 Å². The van der Waals surface area contributed by atoms with Crippen molar-refractivity contribution < 1.29 is 12.8 Å². The topological polar surface area (TPSA) is 63.4 Å². The zero-order valence-corrected chi connectivity index (χ0v) is 13.3. The second-order valence-corrected chi connectivity index (χ2v) is 7.12. The lowest BCUT2D eigenvalue weighted by Crippen LogP contribution is -2.30. The van der Waals surface area contributed by atoms with Crippen LogP contribution in [0.4, 0.5) is 4.39 Å². The number of benzene rings is 1. The molecule has 1 fully saturated rings. The average Bonchev–Trinajstić information content (AvgIpc) is 2.81. The first-order valence-corrected chi connectivity index (χ1v) is 7.83. The fraction of sp³-hybridized carbons (Fsp3) is 0.455. The summed E-state index contributed by atoms with van der Waals surface area (Å²) in [7, 11) is -3.54. The lowest BCUT2D eigenvalue weighted by Gasteiger charge is -2.16. The molecule has 0 aromatic heterocycles. The minimum absolute atomic E-state index is 0. The Morgan fingerprint density at radius 1 is 1.47 bits per heavy atom. The van der Waals surface area contributed by atoms with E-state index in [1.807, 2.05) is 0 Å². The monoisotopic (exact) mass is 372 g/mol. The van der Waals surface area contributed by atoms with Crippen molar-refractivity contribution in [3.05, 3.63) is 28.5 Å². The summed E-state index contributed by atoms with van der Waals surface area (Å²) in [5, 5.41) is 0. The lowest BCUT2D eigenvalue weighted by atomic mass is 10.1. The molecule has 108 valence electrons. The van der Waals surface area contributed by atoms with Gasteiger partial charge in [0.05, 0.1) is 9.37 Å². The van der Waals surface area contributed by atoms with Crippen LogP contribution < -0.4 is 5.73 Å². The number of hydrogen-bond donors (Lipinski definition) is 1. The Kier molecular flexibility index (Phi) is 5.76. The van der Waals surface area contributed by atoms with Gasteiger partial charge in [-0.1, -0.05) is 0 Å². The molecule has 2 N–H and O–H groups in total. The van der Waals surface area contributed by atoms with Crippen molar-refractivity contribution in [3.8, 4) is 0 Å². The fourth-order valence-corrected chi connectivity index (χ4v) is 4.08. The lowest BCUT2D eigenvalue weighted by molar-refractivity contribution is 0.459.